The van der Waals surface area contributed by atoms with Crippen LogP contribution in [-0.2, 0) is 42.9 Å². The summed E-state index contributed by atoms with van der Waals surface area (Å²) >= 11 is 0. The average molecular weight is 452 g/mol. The summed E-state index contributed by atoms with van der Waals surface area (Å²) in [7, 11) is 0. The molecule has 5 atom stereocenters. The number of nitrogens with one attached hydrogen (secondary N) is 1. The molecule has 0 bridgehead atoms. The Hall–Kier alpha value is -3.54. The van der Waals surface area contributed by atoms with E-state index in [0.29, 0.717) is 0 Å². The monoisotopic (exact) mass is 452 g/mol. The number of carbonyl (C=O) groups is 5. The Morgan fingerprint density at radius 1 is 0.906 bits per heavy atom. The van der Waals surface area contributed by atoms with Crippen LogP contribution in [0.25, 0.3) is 0 Å². The van der Waals surface area contributed by atoms with E-state index in [2.05, 4.69) is 10.3 Å². The second-order valence-electron chi connectivity index (χ2n) is 6.82. The van der Waals surface area contributed by atoms with Crippen LogP contribution in [-0.4, -0.2) is 72.0 Å². The van der Waals surface area contributed by atoms with Crippen molar-refractivity contribution in [3.8, 4) is 0 Å². The molecule has 174 valence electrons. The van der Waals surface area contributed by atoms with Crippen molar-refractivity contribution in [1.29, 1.82) is 0 Å². The maximum atomic E-state index is 12.7. The van der Waals surface area contributed by atoms with Gasteiger partial charge in [0.2, 0.25) is 6.29 Å². The standard InChI is InChI=1S/C20H24N2O10/c1-10(23)28-9-15-17(29-11(2)24)18(30-12(3)25)16(20(32-15)31-13(4)26)22-19(27)14-7-5-6-8-21-14/h5-8,15-18,20H,9H2,1-4H3,(H,22,27)/t15-,16+,17-,18+,20-/m0/s1. The Balaban J connectivity index is 2.44. The molecule has 12 nitrogen and oxygen atoms in total. The third-order valence-corrected chi connectivity index (χ3v) is 4.18. The summed E-state index contributed by atoms with van der Waals surface area (Å²) in [4.78, 5) is 63.2. The second kappa shape index (κ2) is 11.2. The van der Waals surface area contributed by atoms with E-state index in [1.807, 2.05) is 0 Å². The highest BCUT2D eigenvalue weighted by Gasteiger charge is 2.52. The fourth-order valence-electron chi connectivity index (χ4n) is 3.04. The second-order valence-corrected chi connectivity index (χ2v) is 6.82. The lowest BCUT2D eigenvalue weighted by atomic mass is 9.96. The minimum absolute atomic E-state index is 0.0294. The van der Waals surface area contributed by atoms with Gasteiger partial charge >= 0.3 is 23.9 Å². The summed E-state index contributed by atoms with van der Waals surface area (Å²) in [5.74, 6) is -3.60. The van der Waals surface area contributed by atoms with Crippen molar-refractivity contribution in [2.45, 2.75) is 58.3 Å². The summed E-state index contributed by atoms with van der Waals surface area (Å²) in [6, 6.07) is 3.35. The molecule has 1 aliphatic rings. The number of hydrogen-bond acceptors (Lipinski definition) is 11. The van der Waals surface area contributed by atoms with E-state index in [0.717, 1.165) is 27.7 Å². The molecule has 32 heavy (non-hydrogen) atoms. The molecule has 1 fully saturated rings. The molecule has 1 aromatic rings. The zero-order valence-corrected chi connectivity index (χ0v) is 17.9. The molecule has 0 aliphatic carbocycles. The first-order valence-corrected chi connectivity index (χ1v) is 9.61. The summed E-state index contributed by atoms with van der Waals surface area (Å²) < 4.78 is 26.4. The van der Waals surface area contributed by atoms with Gasteiger partial charge < -0.3 is 29.0 Å². The molecule has 0 aromatic carbocycles. The molecular weight excluding hydrogens is 428 g/mol. The van der Waals surface area contributed by atoms with E-state index < -0.39 is 67.0 Å². The molecule has 1 amide bonds. The quantitative estimate of drug-likeness (QED) is 0.435. The van der Waals surface area contributed by atoms with Crippen LogP contribution >= 0.6 is 0 Å². The Bertz CT molecular complexity index is 859. The van der Waals surface area contributed by atoms with Gasteiger partial charge in [-0.25, -0.2) is 0 Å². The largest absolute Gasteiger partial charge is 0.463 e. The predicted molar refractivity (Wildman–Crippen MR) is 104 cm³/mol. The van der Waals surface area contributed by atoms with Gasteiger partial charge in [-0.3, -0.25) is 29.0 Å². The maximum absolute atomic E-state index is 12.7. The maximum Gasteiger partial charge on any atom is 0.305 e. The summed E-state index contributed by atoms with van der Waals surface area (Å²) in [5.41, 5.74) is 0.0294. The number of hydrogen-bond donors (Lipinski definition) is 1. The minimum Gasteiger partial charge on any atom is -0.463 e. The number of ether oxygens (including phenoxy) is 5. The van der Waals surface area contributed by atoms with Crippen LogP contribution in [0.15, 0.2) is 24.4 Å². The molecular formula is C20H24N2O10. The van der Waals surface area contributed by atoms with Crippen LogP contribution in [0.3, 0.4) is 0 Å². The van der Waals surface area contributed by atoms with E-state index in [1.165, 1.54) is 12.3 Å². The third kappa shape index (κ3) is 7.01. The zero-order chi connectivity index (χ0) is 23.8. The fraction of sp³-hybridized carbons (Fsp3) is 0.500. The van der Waals surface area contributed by atoms with Crippen molar-refractivity contribution in [2.75, 3.05) is 6.61 Å². The van der Waals surface area contributed by atoms with Crippen LogP contribution < -0.4 is 5.32 Å². The Morgan fingerprint density at radius 2 is 1.53 bits per heavy atom. The SMILES string of the molecule is CC(=O)OC[C@@H]1O[C@H](OC(C)=O)[C@H](NC(=O)c2ccccn2)[C@@H](OC(C)=O)[C@H]1OC(C)=O. The van der Waals surface area contributed by atoms with Crippen molar-refractivity contribution in [2.24, 2.45) is 0 Å². The van der Waals surface area contributed by atoms with Gasteiger partial charge in [0.15, 0.2) is 12.2 Å². The summed E-state index contributed by atoms with van der Waals surface area (Å²) in [6.07, 6.45) is -3.87. The number of aromatic nitrogens is 1. The van der Waals surface area contributed by atoms with Gasteiger partial charge in [-0.1, -0.05) is 6.07 Å². The van der Waals surface area contributed by atoms with E-state index >= 15 is 0 Å². The van der Waals surface area contributed by atoms with Crippen molar-refractivity contribution < 1.29 is 47.7 Å². The van der Waals surface area contributed by atoms with Gasteiger partial charge in [-0.15, -0.1) is 0 Å². The van der Waals surface area contributed by atoms with E-state index in [4.69, 9.17) is 23.7 Å². The molecule has 12 heteroatoms. The van der Waals surface area contributed by atoms with Crippen molar-refractivity contribution in [1.82, 2.24) is 10.3 Å². The third-order valence-electron chi connectivity index (χ3n) is 4.18. The highest BCUT2D eigenvalue weighted by Crippen LogP contribution is 2.28. The molecule has 1 aromatic heterocycles. The van der Waals surface area contributed by atoms with Crippen LogP contribution in [0.5, 0.6) is 0 Å². The highest BCUT2D eigenvalue weighted by atomic mass is 16.7. The number of rotatable bonds is 7. The number of nitrogens with zero attached hydrogens (tertiary/aromatic N) is 1. The lowest BCUT2D eigenvalue weighted by Gasteiger charge is -2.44. The first-order valence-electron chi connectivity index (χ1n) is 9.61. The molecule has 1 saturated heterocycles. The van der Waals surface area contributed by atoms with Gasteiger partial charge in [-0.2, -0.15) is 0 Å². The highest BCUT2D eigenvalue weighted by molar-refractivity contribution is 5.92. The first kappa shape index (κ1) is 24.7. The summed E-state index contributed by atoms with van der Waals surface area (Å²) in [5, 5.41) is 2.55. The van der Waals surface area contributed by atoms with Crippen LogP contribution in [0.1, 0.15) is 38.2 Å². The van der Waals surface area contributed by atoms with Gasteiger partial charge in [-0.05, 0) is 12.1 Å². The van der Waals surface area contributed by atoms with Crippen LogP contribution in [0.2, 0.25) is 0 Å². The van der Waals surface area contributed by atoms with Gasteiger partial charge in [0.1, 0.15) is 24.4 Å². The number of esters is 4. The van der Waals surface area contributed by atoms with Crippen molar-refractivity contribution in [3.63, 3.8) is 0 Å². The van der Waals surface area contributed by atoms with Crippen molar-refractivity contribution >= 4 is 29.8 Å². The van der Waals surface area contributed by atoms with E-state index in [1.54, 1.807) is 12.1 Å². The first-order chi connectivity index (χ1) is 15.1. The van der Waals surface area contributed by atoms with E-state index in [-0.39, 0.29) is 5.69 Å². The van der Waals surface area contributed by atoms with Crippen molar-refractivity contribution in [3.05, 3.63) is 30.1 Å². The van der Waals surface area contributed by atoms with E-state index in [9.17, 15) is 24.0 Å². The lowest BCUT2D eigenvalue weighted by Crippen LogP contribution is -2.67. The van der Waals surface area contributed by atoms with Crippen LogP contribution in [0.4, 0.5) is 0 Å². The Kier molecular flexibility index (Phi) is 8.64. The Labute approximate surface area is 183 Å². The molecule has 0 spiro atoms. The average Bonchev–Trinajstić information content (AvgIpc) is 2.70. The summed E-state index contributed by atoms with van der Waals surface area (Å²) in [6.45, 7) is 4.10. The lowest BCUT2D eigenvalue weighted by molar-refractivity contribution is -0.270. The normalized spacial score (nSPS) is 24.6. The predicted octanol–water partition coefficient (Wildman–Crippen LogP) is -0.105. The van der Waals surface area contributed by atoms with Gasteiger partial charge in [0.05, 0.1) is 0 Å². The molecule has 0 saturated carbocycles. The molecule has 0 radical (unpaired) electrons. The van der Waals surface area contributed by atoms with Crippen LogP contribution in [0, 0.1) is 0 Å². The molecule has 1 aliphatic heterocycles. The number of carbonyl (C=O) groups excluding carboxylic acids is 5. The Morgan fingerprint density at radius 3 is 2.06 bits per heavy atom. The zero-order valence-electron chi connectivity index (χ0n) is 17.9. The van der Waals surface area contributed by atoms with Gasteiger partial charge in [0, 0.05) is 33.9 Å². The van der Waals surface area contributed by atoms with Gasteiger partial charge in [0.25, 0.3) is 5.91 Å². The molecule has 0 unspecified atom stereocenters. The fourth-order valence-corrected chi connectivity index (χ4v) is 3.04. The smallest absolute Gasteiger partial charge is 0.305 e. The molecule has 2 rings (SSSR count). The minimum atomic E-state index is -1.46. The molecule has 2 heterocycles. The molecule has 1 N–H and O–H groups in total. The topological polar surface area (TPSA) is 156 Å². The number of pyridine rings is 1. The number of amides is 1.